The van der Waals surface area contributed by atoms with E-state index in [4.69, 9.17) is 14.2 Å². The SMILES string of the molecule is COC(=O)c1cc(NC(=O)CN2CCOC(c3ccc(Br)cc3)C2)cc(C(=O)OC)c1. The van der Waals surface area contributed by atoms with Gasteiger partial charge in [-0.05, 0) is 35.9 Å². The van der Waals surface area contributed by atoms with E-state index in [1.54, 1.807) is 0 Å². The first-order valence-electron chi connectivity index (χ1n) is 9.60. The van der Waals surface area contributed by atoms with Gasteiger partial charge in [-0.3, -0.25) is 9.69 Å². The number of ether oxygens (including phenoxy) is 3. The summed E-state index contributed by atoms with van der Waals surface area (Å²) in [4.78, 5) is 38.5. The van der Waals surface area contributed by atoms with Crippen LogP contribution in [0.1, 0.15) is 32.4 Å². The van der Waals surface area contributed by atoms with Crippen molar-refractivity contribution in [1.82, 2.24) is 4.90 Å². The summed E-state index contributed by atoms with van der Waals surface area (Å²) in [6.45, 7) is 1.85. The van der Waals surface area contributed by atoms with Crippen LogP contribution in [0.25, 0.3) is 0 Å². The van der Waals surface area contributed by atoms with E-state index in [1.165, 1.54) is 32.4 Å². The number of anilines is 1. The minimum Gasteiger partial charge on any atom is -0.465 e. The van der Waals surface area contributed by atoms with E-state index in [-0.39, 0.29) is 29.7 Å². The number of halogens is 1. The zero-order valence-electron chi connectivity index (χ0n) is 17.2. The number of carbonyl (C=O) groups excluding carboxylic acids is 3. The van der Waals surface area contributed by atoms with Crippen molar-refractivity contribution in [3.05, 3.63) is 63.6 Å². The summed E-state index contributed by atoms with van der Waals surface area (Å²) in [6, 6.07) is 12.2. The van der Waals surface area contributed by atoms with Gasteiger partial charge in [0, 0.05) is 23.2 Å². The van der Waals surface area contributed by atoms with Crippen molar-refractivity contribution >= 4 is 39.5 Å². The average molecular weight is 491 g/mol. The molecule has 1 aliphatic heterocycles. The number of nitrogens with one attached hydrogen (secondary N) is 1. The summed E-state index contributed by atoms with van der Waals surface area (Å²) < 4.78 is 16.3. The molecule has 2 aromatic carbocycles. The molecule has 31 heavy (non-hydrogen) atoms. The van der Waals surface area contributed by atoms with Crippen LogP contribution in [-0.2, 0) is 19.0 Å². The Bertz CT molecular complexity index is 929. The van der Waals surface area contributed by atoms with Gasteiger partial charge in [0.15, 0.2) is 0 Å². The smallest absolute Gasteiger partial charge is 0.337 e. The highest BCUT2D eigenvalue weighted by atomic mass is 79.9. The molecule has 0 bridgehead atoms. The van der Waals surface area contributed by atoms with Crippen molar-refractivity contribution in [1.29, 1.82) is 0 Å². The number of rotatable bonds is 6. The van der Waals surface area contributed by atoms with Gasteiger partial charge >= 0.3 is 11.9 Å². The number of methoxy groups -OCH3 is 2. The van der Waals surface area contributed by atoms with Gasteiger partial charge in [0.2, 0.25) is 5.91 Å². The van der Waals surface area contributed by atoms with Crippen LogP contribution in [0.2, 0.25) is 0 Å². The molecule has 0 aliphatic carbocycles. The van der Waals surface area contributed by atoms with Crippen LogP contribution in [-0.4, -0.2) is 63.2 Å². The maximum absolute atomic E-state index is 12.6. The Morgan fingerprint density at radius 3 is 2.26 bits per heavy atom. The number of carbonyl (C=O) groups is 3. The molecule has 0 radical (unpaired) electrons. The zero-order chi connectivity index (χ0) is 22.4. The fourth-order valence-corrected chi connectivity index (χ4v) is 3.56. The second-order valence-corrected chi connectivity index (χ2v) is 7.89. The van der Waals surface area contributed by atoms with E-state index in [2.05, 4.69) is 21.2 Å². The molecule has 0 aromatic heterocycles. The summed E-state index contributed by atoms with van der Waals surface area (Å²) in [5, 5.41) is 2.75. The molecule has 1 amide bonds. The lowest BCUT2D eigenvalue weighted by Crippen LogP contribution is -2.42. The van der Waals surface area contributed by atoms with Crippen molar-refractivity contribution < 1.29 is 28.6 Å². The summed E-state index contributed by atoms with van der Waals surface area (Å²) >= 11 is 3.42. The number of hydrogen-bond acceptors (Lipinski definition) is 7. The van der Waals surface area contributed by atoms with Crippen LogP contribution in [0, 0.1) is 0 Å². The van der Waals surface area contributed by atoms with Crippen LogP contribution in [0.5, 0.6) is 0 Å². The molecule has 1 unspecified atom stereocenters. The molecule has 1 saturated heterocycles. The van der Waals surface area contributed by atoms with E-state index in [9.17, 15) is 14.4 Å². The predicted molar refractivity (Wildman–Crippen MR) is 117 cm³/mol. The highest BCUT2D eigenvalue weighted by molar-refractivity contribution is 9.10. The lowest BCUT2D eigenvalue weighted by atomic mass is 10.1. The molecule has 2 aromatic rings. The molecule has 1 fully saturated rings. The Labute approximate surface area is 188 Å². The van der Waals surface area contributed by atoms with Crippen LogP contribution in [0.15, 0.2) is 46.9 Å². The van der Waals surface area contributed by atoms with Crippen molar-refractivity contribution in [3.8, 4) is 0 Å². The third-order valence-electron chi connectivity index (χ3n) is 4.82. The minimum absolute atomic E-state index is 0.122. The van der Waals surface area contributed by atoms with Crippen molar-refractivity contribution in [3.63, 3.8) is 0 Å². The first kappa shape index (κ1) is 22.9. The van der Waals surface area contributed by atoms with Gasteiger partial charge in [-0.1, -0.05) is 28.1 Å². The summed E-state index contributed by atoms with van der Waals surface area (Å²) in [7, 11) is 2.48. The quantitative estimate of drug-likeness (QED) is 0.621. The molecule has 1 heterocycles. The summed E-state index contributed by atoms with van der Waals surface area (Å²) in [6.07, 6.45) is -0.122. The maximum atomic E-state index is 12.6. The van der Waals surface area contributed by atoms with Crippen LogP contribution in [0.4, 0.5) is 5.69 Å². The largest absolute Gasteiger partial charge is 0.465 e. The molecule has 1 N–H and O–H groups in total. The van der Waals surface area contributed by atoms with Gasteiger partial charge in [-0.25, -0.2) is 9.59 Å². The number of amides is 1. The molecule has 1 aliphatic rings. The number of hydrogen-bond donors (Lipinski definition) is 1. The highest BCUT2D eigenvalue weighted by Crippen LogP contribution is 2.24. The molecule has 164 valence electrons. The minimum atomic E-state index is -0.619. The first-order valence-corrected chi connectivity index (χ1v) is 10.4. The lowest BCUT2D eigenvalue weighted by Gasteiger charge is -2.32. The van der Waals surface area contributed by atoms with Gasteiger partial charge in [0.05, 0.1) is 44.6 Å². The van der Waals surface area contributed by atoms with Gasteiger partial charge in [0.25, 0.3) is 0 Å². The second-order valence-electron chi connectivity index (χ2n) is 6.98. The molecule has 1 atom stereocenters. The van der Waals surface area contributed by atoms with E-state index in [1.807, 2.05) is 29.2 Å². The normalized spacial score (nSPS) is 16.4. The van der Waals surface area contributed by atoms with E-state index in [0.717, 1.165) is 10.0 Å². The number of benzene rings is 2. The third-order valence-corrected chi connectivity index (χ3v) is 5.35. The van der Waals surface area contributed by atoms with E-state index >= 15 is 0 Å². The summed E-state index contributed by atoms with van der Waals surface area (Å²) in [5.41, 5.74) is 1.64. The molecule has 0 saturated carbocycles. The topological polar surface area (TPSA) is 94.2 Å². The Morgan fingerprint density at radius 1 is 1.06 bits per heavy atom. The Morgan fingerprint density at radius 2 is 1.68 bits per heavy atom. The lowest BCUT2D eigenvalue weighted by molar-refractivity contribution is -0.119. The van der Waals surface area contributed by atoms with Gasteiger partial charge in [0.1, 0.15) is 0 Å². The Balaban J connectivity index is 1.67. The van der Waals surface area contributed by atoms with E-state index < -0.39 is 11.9 Å². The molecular weight excluding hydrogens is 468 g/mol. The molecule has 0 spiro atoms. The van der Waals surface area contributed by atoms with Gasteiger partial charge in [-0.2, -0.15) is 0 Å². The first-order chi connectivity index (χ1) is 14.9. The number of esters is 2. The molecular formula is C22H23BrN2O6. The Kier molecular flexibility index (Phi) is 7.78. The molecule has 9 heteroatoms. The average Bonchev–Trinajstić information content (AvgIpc) is 2.78. The van der Waals surface area contributed by atoms with E-state index in [0.29, 0.717) is 25.4 Å². The third kappa shape index (κ3) is 6.13. The standard InChI is InChI=1S/C22H23BrN2O6/c1-29-21(27)15-9-16(22(28)30-2)11-18(10-15)24-20(26)13-25-7-8-31-19(12-25)14-3-5-17(23)6-4-14/h3-6,9-11,19H,7-8,12-13H2,1-2H3,(H,24,26). The van der Waals surface area contributed by atoms with Gasteiger partial charge < -0.3 is 19.5 Å². The summed E-state index contributed by atoms with van der Waals surface area (Å²) in [5.74, 6) is -1.51. The molecule has 3 rings (SSSR count). The fraction of sp³-hybridized carbons (Fsp3) is 0.318. The number of morpholine rings is 1. The fourth-order valence-electron chi connectivity index (χ4n) is 3.30. The predicted octanol–water partition coefficient (Wildman–Crippen LogP) is 3.03. The van der Waals surface area contributed by atoms with Gasteiger partial charge in [-0.15, -0.1) is 0 Å². The van der Waals surface area contributed by atoms with Crippen LogP contribution in [0.3, 0.4) is 0 Å². The van der Waals surface area contributed by atoms with Crippen molar-refractivity contribution in [2.24, 2.45) is 0 Å². The monoisotopic (exact) mass is 490 g/mol. The zero-order valence-corrected chi connectivity index (χ0v) is 18.8. The maximum Gasteiger partial charge on any atom is 0.337 e. The number of nitrogens with zero attached hydrogens (tertiary/aromatic N) is 1. The van der Waals surface area contributed by atoms with Crippen molar-refractivity contribution in [2.45, 2.75) is 6.10 Å². The second kappa shape index (κ2) is 10.5. The Hall–Kier alpha value is -2.75. The van der Waals surface area contributed by atoms with Crippen LogP contribution >= 0.6 is 15.9 Å². The molecule has 8 nitrogen and oxygen atoms in total. The van der Waals surface area contributed by atoms with Crippen molar-refractivity contribution in [2.75, 3.05) is 45.8 Å². The van der Waals surface area contributed by atoms with Crippen LogP contribution < -0.4 is 5.32 Å². The highest BCUT2D eigenvalue weighted by Gasteiger charge is 2.24.